The van der Waals surface area contributed by atoms with Crippen LogP contribution in [0.25, 0.3) is 28.3 Å². The van der Waals surface area contributed by atoms with Crippen LogP contribution in [0.1, 0.15) is 6.42 Å². The molecule has 0 amide bonds. The highest BCUT2D eigenvalue weighted by Crippen LogP contribution is 2.35. The molecule has 0 radical (unpaired) electrons. The van der Waals surface area contributed by atoms with Gasteiger partial charge < -0.3 is 0 Å². The Morgan fingerprint density at radius 3 is 2.65 bits per heavy atom. The van der Waals surface area contributed by atoms with Crippen molar-refractivity contribution in [3.05, 3.63) is 43.2 Å². The first kappa shape index (κ1) is 19.4. The van der Waals surface area contributed by atoms with E-state index >= 15 is 0 Å². The molecular formula is C19H19N9O2S. The molecule has 5 rings (SSSR count). The van der Waals surface area contributed by atoms with E-state index in [1.54, 1.807) is 28.0 Å². The van der Waals surface area contributed by atoms with Crippen LogP contribution < -0.4 is 0 Å². The summed E-state index contributed by atoms with van der Waals surface area (Å²) in [4.78, 5) is 9.21. The lowest BCUT2D eigenvalue weighted by atomic mass is 9.89. The zero-order chi connectivity index (χ0) is 21.8. The predicted octanol–water partition coefficient (Wildman–Crippen LogP) is 0.877. The first-order valence-electron chi connectivity index (χ1n) is 9.50. The molecule has 12 heteroatoms. The number of hydrogen-bond donors (Lipinski definition) is 0. The monoisotopic (exact) mass is 437 g/mol. The van der Waals surface area contributed by atoms with Crippen LogP contribution in [0.15, 0.2) is 43.2 Å². The van der Waals surface area contributed by atoms with Gasteiger partial charge in [0.2, 0.25) is 10.0 Å². The minimum atomic E-state index is -3.31. The van der Waals surface area contributed by atoms with Gasteiger partial charge in [-0.1, -0.05) is 0 Å². The largest absolute Gasteiger partial charge is 0.284 e. The fraction of sp³-hybridized carbons (Fsp3) is 0.316. The highest BCUT2D eigenvalue weighted by atomic mass is 32.2. The highest BCUT2D eigenvalue weighted by Gasteiger charge is 2.49. The molecular weight excluding hydrogens is 418 g/mol. The molecule has 1 aliphatic heterocycles. The molecule has 1 saturated heterocycles. The van der Waals surface area contributed by atoms with Gasteiger partial charge in [-0.2, -0.15) is 19.8 Å². The summed E-state index contributed by atoms with van der Waals surface area (Å²) in [6, 6.07) is 4.05. The summed E-state index contributed by atoms with van der Waals surface area (Å²) in [6.07, 6.45) is 12.0. The third-order valence-electron chi connectivity index (χ3n) is 5.54. The van der Waals surface area contributed by atoms with Gasteiger partial charge in [-0.15, -0.1) is 0 Å². The molecule has 0 atom stereocenters. The lowest BCUT2D eigenvalue weighted by Crippen LogP contribution is -2.63. The number of nitrogens with zero attached hydrogens (tertiary/aromatic N) is 9. The molecule has 11 nitrogen and oxygen atoms in total. The molecule has 158 valence electrons. The van der Waals surface area contributed by atoms with Crippen molar-refractivity contribution in [2.45, 2.75) is 12.0 Å². The highest BCUT2D eigenvalue weighted by molar-refractivity contribution is 7.88. The van der Waals surface area contributed by atoms with Gasteiger partial charge in [-0.05, 0) is 0 Å². The molecule has 0 unspecified atom stereocenters. The van der Waals surface area contributed by atoms with Gasteiger partial charge in [0, 0.05) is 56.6 Å². The van der Waals surface area contributed by atoms with Gasteiger partial charge in [0.1, 0.15) is 17.0 Å². The van der Waals surface area contributed by atoms with Crippen LogP contribution in [0, 0.1) is 11.3 Å². The van der Waals surface area contributed by atoms with E-state index < -0.39 is 15.6 Å². The van der Waals surface area contributed by atoms with Crippen molar-refractivity contribution in [1.29, 1.82) is 5.26 Å². The summed E-state index contributed by atoms with van der Waals surface area (Å²) in [6.45, 7) is 0.425. The average Bonchev–Trinajstić information content (AvgIpc) is 3.42. The quantitative estimate of drug-likeness (QED) is 0.453. The van der Waals surface area contributed by atoms with Gasteiger partial charge in [0.05, 0.1) is 42.4 Å². The fourth-order valence-corrected chi connectivity index (χ4v) is 4.81. The van der Waals surface area contributed by atoms with Gasteiger partial charge >= 0.3 is 0 Å². The maximum atomic E-state index is 11.8. The van der Waals surface area contributed by atoms with Crippen LogP contribution >= 0.6 is 0 Å². The molecule has 4 aromatic rings. The number of rotatable bonds is 5. The third kappa shape index (κ3) is 3.18. The van der Waals surface area contributed by atoms with Crippen LogP contribution in [0.4, 0.5) is 0 Å². The molecule has 0 spiro atoms. The number of aromatic nitrogens is 7. The van der Waals surface area contributed by atoms with E-state index in [0.717, 1.165) is 22.5 Å². The van der Waals surface area contributed by atoms with Crippen LogP contribution in [0.3, 0.4) is 0 Å². The summed E-state index contributed by atoms with van der Waals surface area (Å²) >= 11 is 0. The molecule has 0 N–H and O–H groups in total. The van der Waals surface area contributed by atoms with E-state index in [0.29, 0.717) is 5.82 Å². The van der Waals surface area contributed by atoms with Gasteiger partial charge in [0.25, 0.3) is 0 Å². The second-order valence-corrected chi connectivity index (χ2v) is 9.77. The fourth-order valence-electron chi connectivity index (χ4n) is 3.86. The van der Waals surface area contributed by atoms with Crippen LogP contribution in [-0.4, -0.2) is 66.0 Å². The van der Waals surface area contributed by atoms with Crippen molar-refractivity contribution >= 4 is 15.7 Å². The van der Waals surface area contributed by atoms with Crippen molar-refractivity contribution in [3.8, 4) is 28.7 Å². The Morgan fingerprint density at radius 1 is 1.19 bits per heavy atom. The Labute approximate surface area is 178 Å². The van der Waals surface area contributed by atoms with Crippen molar-refractivity contribution in [2.24, 2.45) is 7.05 Å². The number of aryl methyl sites for hydroxylation is 1. The van der Waals surface area contributed by atoms with E-state index in [4.69, 9.17) is 4.98 Å². The van der Waals surface area contributed by atoms with Crippen molar-refractivity contribution < 1.29 is 8.42 Å². The molecule has 0 bridgehead atoms. The number of nitriles is 1. The molecule has 0 aliphatic carbocycles. The average molecular weight is 437 g/mol. The summed E-state index contributed by atoms with van der Waals surface area (Å²) < 4.78 is 30.3. The SMILES string of the molecule is Cn1cc(-c2cc3nccn3c(-c3cnn(C4(CC#N)CN(S(C)(=O)=O)C4)c3)n2)cn1. The number of imidazole rings is 1. The zero-order valence-electron chi connectivity index (χ0n) is 16.9. The molecule has 5 heterocycles. The lowest BCUT2D eigenvalue weighted by Gasteiger charge is -2.47. The zero-order valence-corrected chi connectivity index (χ0v) is 17.7. The molecule has 31 heavy (non-hydrogen) atoms. The normalized spacial score (nSPS) is 16.3. The minimum Gasteiger partial charge on any atom is -0.284 e. The summed E-state index contributed by atoms with van der Waals surface area (Å²) in [5.74, 6) is 0.645. The molecule has 0 saturated carbocycles. The maximum absolute atomic E-state index is 11.8. The number of sulfonamides is 1. The Morgan fingerprint density at radius 2 is 1.97 bits per heavy atom. The topological polar surface area (TPSA) is 127 Å². The van der Waals surface area contributed by atoms with E-state index in [9.17, 15) is 13.7 Å². The molecule has 1 fully saturated rings. The number of hydrogen-bond acceptors (Lipinski definition) is 7. The second kappa shape index (κ2) is 6.73. The van der Waals surface area contributed by atoms with Crippen LogP contribution in [0.5, 0.6) is 0 Å². The Bertz CT molecular complexity index is 1430. The van der Waals surface area contributed by atoms with Crippen molar-refractivity contribution in [1.82, 2.24) is 38.2 Å². The summed E-state index contributed by atoms with van der Waals surface area (Å²) in [5, 5.41) is 18.0. The van der Waals surface area contributed by atoms with Gasteiger partial charge in [-0.25, -0.2) is 18.4 Å². The predicted molar refractivity (Wildman–Crippen MR) is 111 cm³/mol. The molecule has 1 aliphatic rings. The first-order valence-corrected chi connectivity index (χ1v) is 11.3. The van der Waals surface area contributed by atoms with Gasteiger partial charge in [-0.3, -0.25) is 13.8 Å². The van der Waals surface area contributed by atoms with Crippen molar-refractivity contribution in [3.63, 3.8) is 0 Å². The lowest BCUT2D eigenvalue weighted by molar-refractivity contribution is 0.0724. The Balaban J connectivity index is 1.57. The smallest absolute Gasteiger partial charge is 0.211 e. The van der Waals surface area contributed by atoms with Crippen LogP contribution in [0.2, 0.25) is 0 Å². The molecule has 0 aromatic carbocycles. The van der Waals surface area contributed by atoms with Gasteiger partial charge in [0.15, 0.2) is 0 Å². The molecule has 4 aromatic heterocycles. The summed E-state index contributed by atoms with van der Waals surface area (Å²) in [7, 11) is -1.47. The number of fused-ring (bicyclic) bond motifs is 1. The third-order valence-corrected chi connectivity index (χ3v) is 6.73. The van der Waals surface area contributed by atoms with E-state index in [1.807, 2.05) is 36.1 Å². The van der Waals surface area contributed by atoms with E-state index in [-0.39, 0.29) is 19.5 Å². The Kier molecular flexibility index (Phi) is 4.21. The second-order valence-electron chi connectivity index (χ2n) is 7.79. The van der Waals surface area contributed by atoms with E-state index in [2.05, 4.69) is 21.3 Å². The van der Waals surface area contributed by atoms with E-state index in [1.165, 1.54) is 10.6 Å². The van der Waals surface area contributed by atoms with Crippen molar-refractivity contribution in [2.75, 3.05) is 19.3 Å². The Hall–Kier alpha value is -3.56. The standard InChI is InChI=1S/C19H19N9O2S/c1-25-10-14(8-22-25)16-7-17-21-5-6-27(17)18(24-16)15-9-23-28(11-15)19(3-4-20)12-26(13-19)31(2,29)30/h5-11H,3,12-13H2,1-2H3. The maximum Gasteiger partial charge on any atom is 0.211 e. The van der Waals surface area contributed by atoms with Crippen LogP contribution in [-0.2, 0) is 22.6 Å². The summed E-state index contributed by atoms with van der Waals surface area (Å²) in [5.41, 5.74) is 2.38. The first-order chi connectivity index (χ1) is 14.8. The minimum absolute atomic E-state index is 0.157.